The van der Waals surface area contributed by atoms with Crippen molar-refractivity contribution in [3.8, 4) is 0 Å². The van der Waals surface area contributed by atoms with E-state index in [0.717, 1.165) is 6.42 Å². The average Bonchev–Trinajstić information content (AvgIpc) is 2.42. The van der Waals surface area contributed by atoms with Crippen molar-refractivity contribution in [2.45, 2.75) is 32.9 Å². The molecule has 0 spiro atoms. The van der Waals surface area contributed by atoms with E-state index in [1.165, 1.54) is 6.21 Å². The van der Waals surface area contributed by atoms with Gasteiger partial charge in [-0.1, -0.05) is 6.92 Å². The molecule has 0 aromatic carbocycles. The van der Waals surface area contributed by atoms with E-state index in [-0.39, 0.29) is 5.97 Å². The zero-order chi connectivity index (χ0) is 9.90. The molecule has 4 nitrogen and oxygen atoms in total. The van der Waals surface area contributed by atoms with E-state index < -0.39 is 5.66 Å². The molecule has 0 fully saturated rings. The molecule has 0 radical (unpaired) electrons. The maximum Gasteiger partial charge on any atom is 0.358 e. The molecule has 0 amide bonds. The SMILES string of the molecule is CCCOC(=O)C1=NC(C)(C)N=C1. The van der Waals surface area contributed by atoms with Gasteiger partial charge >= 0.3 is 5.97 Å². The molecule has 0 N–H and O–H groups in total. The summed E-state index contributed by atoms with van der Waals surface area (Å²) in [5.74, 6) is -0.379. The summed E-state index contributed by atoms with van der Waals surface area (Å²) in [6.07, 6.45) is 2.29. The van der Waals surface area contributed by atoms with Crippen molar-refractivity contribution in [1.82, 2.24) is 0 Å². The molecule has 0 atom stereocenters. The Morgan fingerprint density at radius 1 is 1.62 bits per heavy atom. The predicted molar refractivity (Wildman–Crippen MR) is 51.3 cm³/mol. The Kier molecular flexibility index (Phi) is 2.80. The molecule has 0 aromatic heterocycles. The summed E-state index contributed by atoms with van der Waals surface area (Å²) in [7, 11) is 0. The summed E-state index contributed by atoms with van der Waals surface area (Å²) in [5, 5.41) is 0. The van der Waals surface area contributed by atoms with Gasteiger partial charge in [-0.3, -0.25) is 4.99 Å². The van der Waals surface area contributed by atoms with Crippen molar-refractivity contribution < 1.29 is 9.53 Å². The maximum absolute atomic E-state index is 11.2. The Morgan fingerprint density at radius 2 is 2.31 bits per heavy atom. The van der Waals surface area contributed by atoms with Crippen molar-refractivity contribution >= 4 is 17.9 Å². The lowest BCUT2D eigenvalue weighted by atomic mass is 10.3. The lowest BCUT2D eigenvalue weighted by Crippen LogP contribution is -2.18. The fourth-order valence-corrected chi connectivity index (χ4v) is 0.939. The van der Waals surface area contributed by atoms with Crippen LogP contribution in [0.5, 0.6) is 0 Å². The molecule has 1 heterocycles. The molecular weight excluding hydrogens is 168 g/mol. The largest absolute Gasteiger partial charge is 0.461 e. The third-order valence-electron chi connectivity index (χ3n) is 1.54. The maximum atomic E-state index is 11.2. The van der Waals surface area contributed by atoms with Crippen LogP contribution in [-0.4, -0.2) is 30.2 Å². The fraction of sp³-hybridized carbons (Fsp3) is 0.667. The lowest BCUT2D eigenvalue weighted by molar-refractivity contribution is -0.135. The summed E-state index contributed by atoms with van der Waals surface area (Å²) >= 11 is 0. The first-order valence-electron chi connectivity index (χ1n) is 4.37. The molecular formula is C9H14N2O2. The second-order valence-corrected chi connectivity index (χ2v) is 3.39. The second-order valence-electron chi connectivity index (χ2n) is 3.39. The molecule has 0 saturated heterocycles. The number of carbonyl (C=O) groups excluding carboxylic acids is 1. The Hall–Kier alpha value is -1.19. The minimum Gasteiger partial charge on any atom is -0.461 e. The van der Waals surface area contributed by atoms with Crippen molar-refractivity contribution in [2.24, 2.45) is 9.98 Å². The highest BCUT2D eigenvalue weighted by Crippen LogP contribution is 2.15. The van der Waals surface area contributed by atoms with Crippen LogP contribution >= 0.6 is 0 Å². The molecule has 0 bridgehead atoms. The van der Waals surface area contributed by atoms with E-state index in [2.05, 4.69) is 9.98 Å². The van der Waals surface area contributed by atoms with Gasteiger partial charge in [-0.15, -0.1) is 0 Å². The zero-order valence-electron chi connectivity index (χ0n) is 8.20. The van der Waals surface area contributed by atoms with Gasteiger partial charge in [0.15, 0.2) is 5.71 Å². The first kappa shape index (κ1) is 9.89. The van der Waals surface area contributed by atoms with Gasteiger partial charge in [0.1, 0.15) is 5.66 Å². The predicted octanol–water partition coefficient (Wildman–Crippen LogP) is 1.20. The van der Waals surface area contributed by atoms with Crippen LogP contribution in [0, 0.1) is 0 Å². The number of nitrogens with zero attached hydrogens (tertiary/aromatic N) is 2. The van der Waals surface area contributed by atoms with E-state index in [0.29, 0.717) is 12.3 Å². The van der Waals surface area contributed by atoms with Gasteiger partial charge in [0.05, 0.1) is 12.8 Å². The topological polar surface area (TPSA) is 51.0 Å². The van der Waals surface area contributed by atoms with E-state index >= 15 is 0 Å². The third-order valence-corrected chi connectivity index (χ3v) is 1.54. The first-order chi connectivity index (χ1) is 6.05. The number of hydrogen-bond donors (Lipinski definition) is 0. The molecule has 0 unspecified atom stereocenters. The quantitative estimate of drug-likeness (QED) is 0.616. The lowest BCUT2D eigenvalue weighted by Gasteiger charge is -2.07. The van der Waals surface area contributed by atoms with Crippen LogP contribution in [0.2, 0.25) is 0 Å². The van der Waals surface area contributed by atoms with Gasteiger partial charge in [-0.05, 0) is 20.3 Å². The molecule has 1 rings (SSSR count). The number of ether oxygens (including phenoxy) is 1. The zero-order valence-corrected chi connectivity index (χ0v) is 8.20. The standard InChI is InChI=1S/C9H14N2O2/c1-4-5-13-8(12)7-6-10-9(2,3)11-7/h6H,4-5H2,1-3H3. The van der Waals surface area contributed by atoms with Crippen molar-refractivity contribution in [1.29, 1.82) is 0 Å². The summed E-state index contributed by atoms with van der Waals surface area (Å²) in [5.41, 5.74) is -0.181. The van der Waals surface area contributed by atoms with E-state index in [4.69, 9.17) is 4.74 Å². The van der Waals surface area contributed by atoms with Crippen LogP contribution in [0.3, 0.4) is 0 Å². The Labute approximate surface area is 77.7 Å². The summed E-state index contributed by atoms with van der Waals surface area (Å²) in [6, 6.07) is 0. The Morgan fingerprint density at radius 3 is 2.77 bits per heavy atom. The van der Waals surface area contributed by atoms with Crippen molar-refractivity contribution in [3.63, 3.8) is 0 Å². The van der Waals surface area contributed by atoms with Gasteiger partial charge < -0.3 is 4.74 Å². The second kappa shape index (κ2) is 3.68. The molecule has 4 heteroatoms. The highest BCUT2D eigenvalue weighted by Gasteiger charge is 2.24. The van der Waals surface area contributed by atoms with E-state index in [1.54, 1.807) is 0 Å². The van der Waals surface area contributed by atoms with Gasteiger partial charge in [0.2, 0.25) is 0 Å². The molecule has 1 aliphatic heterocycles. The van der Waals surface area contributed by atoms with Crippen LogP contribution in [0.25, 0.3) is 0 Å². The molecule has 0 saturated carbocycles. The number of aliphatic imine (C=N–C) groups is 2. The highest BCUT2D eigenvalue weighted by atomic mass is 16.5. The molecule has 0 aromatic rings. The normalized spacial score (nSPS) is 18.5. The summed E-state index contributed by atoms with van der Waals surface area (Å²) in [6.45, 7) is 6.06. The fourth-order valence-electron chi connectivity index (χ4n) is 0.939. The van der Waals surface area contributed by atoms with E-state index in [9.17, 15) is 4.79 Å². The highest BCUT2D eigenvalue weighted by molar-refractivity contribution is 6.60. The Balaban J connectivity index is 2.56. The van der Waals surface area contributed by atoms with Crippen molar-refractivity contribution in [2.75, 3.05) is 6.61 Å². The van der Waals surface area contributed by atoms with Crippen LogP contribution in [0.15, 0.2) is 9.98 Å². The van der Waals surface area contributed by atoms with Crippen LogP contribution < -0.4 is 0 Å². The number of esters is 1. The number of rotatable bonds is 3. The number of carbonyl (C=O) groups is 1. The smallest absolute Gasteiger partial charge is 0.358 e. The van der Waals surface area contributed by atoms with Crippen molar-refractivity contribution in [3.05, 3.63) is 0 Å². The molecule has 13 heavy (non-hydrogen) atoms. The molecule has 1 aliphatic rings. The van der Waals surface area contributed by atoms with Crippen LogP contribution in [-0.2, 0) is 9.53 Å². The summed E-state index contributed by atoms with van der Waals surface area (Å²) in [4.78, 5) is 19.4. The monoisotopic (exact) mass is 182 g/mol. The van der Waals surface area contributed by atoms with Gasteiger partial charge in [0.25, 0.3) is 0 Å². The summed E-state index contributed by atoms with van der Waals surface area (Å²) < 4.78 is 4.91. The van der Waals surface area contributed by atoms with E-state index in [1.807, 2.05) is 20.8 Å². The van der Waals surface area contributed by atoms with Crippen LogP contribution in [0.1, 0.15) is 27.2 Å². The van der Waals surface area contributed by atoms with Gasteiger partial charge in [0, 0.05) is 0 Å². The number of hydrogen-bond acceptors (Lipinski definition) is 4. The Bertz CT molecular complexity index is 267. The molecule has 0 aliphatic carbocycles. The van der Waals surface area contributed by atoms with Gasteiger partial charge in [-0.2, -0.15) is 0 Å². The molecule has 72 valence electrons. The van der Waals surface area contributed by atoms with Crippen LogP contribution in [0.4, 0.5) is 0 Å². The minimum absolute atomic E-state index is 0.318. The third kappa shape index (κ3) is 2.65. The minimum atomic E-state index is -0.499. The first-order valence-corrected chi connectivity index (χ1v) is 4.37. The van der Waals surface area contributed by atoms with Gasteiger partial charge in [-0.25, -0.2) is 9.79 Å². The average molecular weight is 182 g/mol.